The zero-order valence-corrected chi connectivity index (χ0v) is 9.99. The second-order valence-corrected chi connectivity index (χ2v) is 4.35. The minimum absolute atomic E-state index is 0.154. The zero-order chi connectivity index (χ0) is 9.84. The molecule has 0 N–H and O–H groups in total. The highest BCUT2D eigenvalue weighted by atomic mass is 79.9. The van der Waals surface area contributed by atoms with Crippen molar-refractivity contribution in [2.24, 2.45) is 0 Å². The van der Waals surface area contributed by atoms with E-state index in [1.807, 2.05) is 12.1 Å². The molecule has 13 heavy (non-hydrogen) atoms. The number of halogens is 1. The van der Waals surface area contributed by atoms with Gasteiger partial charge in [-0.25, -0.2) is 0 Å². The van der Waals surface area contributed by atoms with Gasteiger partial charge in [0.15, 0.2) is 0 Å². The van der Waals surface area contributed by atoms with Gasteiger partial charge in [0.25, 0.3) is 0 Å². The first-order valence-corrected chi connectivity index (χ1v) is 6.00. The van der Waals surface area contributed by atoms with Gasteiger partial charge in [0.05, 0.1) is 0 Å². The summed E-state index contributed by atoms with van der Waals surface area (Å²) in [4.78, 5) is 1.24. The summed E-state index contributed by atoms with van der Waals surface area (Å²) in [7, 11) is 0. The number of allylic oxidation sites excluding steroid dienone is 1. The van der Waals surface area contributed by atoms with E-state index in [9.17, 15) is 0 Å². The fourth-order valence-corrected chi connectivity index (χ4v) is 2.65. The molecule has 1 aromatic rings. The Morgan fingerprint density at radius 1 is 1.54 bits per heavy atom. The Bertz CT molecular complexity index is 307. The van der Waals surface area contributed by atoms with Crippen LogP contribution < -0.4 is 0 Å². The number of hydrogen-bond acceptors (Lipinski definition) is 1. The number of benzene rings is 1. The average Bonchev–Trinajstić information content (AvgIpc) is 2.17. The van der Waals surface area contributed by atoms with Crippen LogP contribution in [0.3, 0.4) is 0 Å². The van der Waals surface area contributed by atoms with E-state index in [1.165, 1.54) is 10.5 Å². The maximum atomic E-state index is 4.01. The molecule has 0 aliphatic rings. The normalized spacial score (nSPS) is 12.5. The second kappa shape index (κ2) is 4.87. The Morgan fingerprint density at radius 3 is 2.77 bits per heavy atom. The minimum atomic E-state index is 0.154. The van der Waals surface area contributed by atoms with Gasteiger partial charge < -0.3 is 0 Å². The third-order valence-corrected chi connectivity index (χ3v) is 3.82. The lowest BCUT2D eigenvalue weighted by Gasteiger charge is -2.11. The van der Waals surface area contributed by atoms with Crippen molar-refractivity contribution in [1.82, 2.24) is 0 Å². The summed E-state index contributed by atoms with van der Waals surface area (Å²) >= 11 is 5.30. The lowest BCUT2D eigenvalue weighted by atomic mass is 10.0. The molecule has 0 saturated heterocycles. The minimum Gasteiger partial charge on any atom is -0.128 e. The van der Waals surface area contributed by atoms with E-state index in [0.29, 0.717) is 0 Å². The third-order valence-electron chi connectivity index (χ3n) is 1.90. The van der Waals surface area contributed by atoms with Crippen LogP contribution in [0.4, 0.5) is 0 Å². The Kier molecular flexibility index (Phi) is 4.07. The first kappa shape index (κ1) is 10.9. The molecule has 1 rings (SSSR count). The maximum Gasteiger partial charge on any atom is 0.0349 e. The molecule has 0 fully saturated rings. The SMILES string of the molecule is [CH2]C(C=C)c1cccc(SC)c1Br. The smallest absolute Gasteiger partial charge is 0.0349 e. The number of hydrogen-bond donors (Lipinski definition) is 0. The Labute approximate surface area is 92.6 Å². The van der Waals surface area contributed by atoms with E-state index in [4.69, 9.17) is 0 Å². The van der Waals surface area contributed by atoms with Gasteiger partial charge in [-0.1, -0.05) is 18.2 Å². The summed E-state index contributed by atoms with van der Waals surface area (Å²) in [5, 5.41) is 0. The Morgan fingerprint density at radius 2 is 2.23 bits per heavy atom. The molecule has 0 heterocycles. The fraction of sp³-hybridized carbons (Fsp3) is 0.182. The third kappa shape index (κ3) is 2.38. The number of rotatable bonds is 3. The predicted octanol–water partition coefficient (Wildman–Crippen LogP) is 4.27. The molecular formula is C11H12BrS. The van der Waals surface area contributed by atoms with E-state index >= 15 is 0 Å². The Hall–Kier alpha value is -0.210. The molecular weight excluding hydrogens is 244 g/mol. The van der Waals surface area contributed by atoms with Crippen LogP contribution in [0.25, 0.3) is 0 Å². The van der Waals surface area contributed by atoms with Crippen molar-refractivity contribution in [1.29, 1.82) is 0 Å². The predicted molar refractivity (Wildman–Crippen MR) is 64.2 cm³/mol. The highest BCUT2D eigenvalue weighted by Gasteiger charge is 2.08. The molecule has 69 valence electrons. The van der Waals surface area contributed by atoms with Gasteiger partial charge in [-0.3, -0.25) is 0 Å². The summed E-state index contributed by atoms with van der Waals surface area (Å²) in [5.74, 6) is 0.154. The van der Waals surface area contributed by atoms with E-state index in [2.05, 4.69) is 47.8 Å². The van der Waals surface area contributed by atoms with Gasteiger partial charge in [-0.2, -0.15) is 0 Å². The molecule has 0 nitrogen and oxygen atoms in total. The van der Waals surface area contributed by atoms with Crippen molar-refractivity contribution in [2.45, 2.75) is 10.8 Å². The fourth-order valence-electron chi connectivity index (χ4n) is 1.10. The topological polar surface area (TPSA) is 0 Å². The summed E-state index contributed by atoms with van der Waals surface area (Å²) < 4.78 is 1.14. The van der Waals surface area contributed by atoms with Crippen LogP contribution in [-0.2, 0) is 0 Å². The van der Waals surface area contributed by atoms with Crippen molar-refractivity contribution >= 4 is 27.7 Å². The summed E-state index contributed by atoms with van der Waals surface area (Å²) in [6, 6.07) is 6.21. The van der Waals surface area contributed by atoms with Crippen LogP contribution in [0.2, 0.25) is 0 Å². The highest BCUT2D eigenvalue weighted by molar-refractivity contribution is 9.10. The highest BCUT2D eigenvalue weighted by Crippen LogP contribution is 2.33. The van der Waals surface area contributed by atoms with Gasteiger partial charge in [-0.05, 0) is 40.7 Å². The van der Waals surface area contributed by atoms with Gasteiger partial charge >= 0.3 is 0 Å². The van der Waals surface area contributed by atoms with Crippen LogP contribution in [0.5, 0.6) is 0 Å². The lowest BCUT2D eigenvalue weighted by Crippen LogP contribution is -1.91. The molecule has 1 atom stereocenters. The average molecular weight is 256 g/mol. The van der Waals surface area contributed by atoms with Crippen molar-refractivity contribution in [3.8, 4) is 0 Å². The summed E-state index contributed by atoms with van der Waals surface area (Å²) in [6.07, 6.45) is 3.92. The van der Waals surface area contributed by atoms with Crippen molar-refractivity contribution < 1.29 is 0 Å². The summed E-state index contributed by atoms with van der Waals surface area (Å²) in [6.45, 7) is 7.75. The summed E-state index contributed by atoms with van der Waals surface area (Å²) in [5.41, 5.74) is 1.20. The van der Waals surface area contributed by atoms with Gasteiger partial charge in [0, 0.05) is 15.3 Å². The molecule has 0 aliphatic heterocycles. The molecule has 1 radical (unpaired) electrons. The standard InChI is InChI=1S/C11H12BrS/c1-4-8(2)9-6-5-7-10(13-3)11(9)12/h4-8H,1-2H2,3H3. The van der Waals surface area contributed by atoms with E-state index in [-0.39, 0.29) is 5.92 Å². The molecule has 0 amide bonds. The zero-order valence-electron chi connectivity index (χ0n) is 7.59. The monoisotopic (exact) mass is 255 g/mol. The van der Waals surface area contributed by atoms with E-state index < -0.39 is 0 Å². The molecule has 0 aliphatic carbocycles. The molecule has 0 saturated carbocycles. The molecule has 0 bridgehead atoms. The molecule has 1 aromatic carbocycles. The van der Waals surface area contributed by atoms with E-state index in [0.717, 1.165) is 4.47 Å². The maximum absolute atomic E-state index is 4.01. The van der Waals surface area contributed by atoms with Gasteiger partial charge in [-0.15, -0.1) is 18.3 Å². The molecule has 1 unspecified atom stereocenters. The van der Waals surface area contributed by atoms with Gasteiger partial charge in [0.2, 0.25) is 0 Å². The van der Waals surface area contributed by atoms with Crippen molar-refractivity contribution in [3.05, 3.63) is 47.8 Å². The van der Waals surface area contributed by atoms with Crippen LogP contribution in [0.1, 0.15) is 11.5 Å². The van der Waals surface area contributed by atoms with Crippen LogP contribution in [0.15, 0.2) is 40.2 Å². The number of thioether (sulfide) groups is 1. The Balaban J connectivity index is 3.14. The van der Waals surface area contributed by atoms with E-state index in [1.54, 1.807) is 11.8 Å². The van der Waals surface area contributed by atoms with Crippen LogP contribution in [-0.4, -0.2) is 6.26 Å². The first-order chi connectivity index (χ1) is 6.20. The quantitative estimate of drug-likeness (QED) is 0.574. The largest absolute Gasteiger partial charge is 0.128 e. The van der Waals surface area contributed by atoms with Crippen molar-refractivity contribution in [3.63, 3.8) is 0 Å². The second-order valence-electron chi connectivity index (χ2n) is 2.71. The lowest BCUT2D eigenvalue weighted by molar-refractivity contribution is 1.06. The van der Waals surface area contributed by atoms with Crippen LogP contribution >= 0.6 is 27.7 Å². The van der Waals surface area contributed by atoms with Crippen molar-refractivity contribution in [2.75, 3.05) is 6.26 Å². The van der Waals surface area contributed by atoms with Crippen LogP contribution in [0, 0.1) is 6.92 Å². The molecule has 2 heteroatoms. The first-order valence-electron chi connectivity index (χ1n) is 3.98. The molecule has 0 aromatic heterocycles. The van der Waals surface area contributed by atoms with Gasteiger partial charge in [0.1, 0.15) is 0 Å². The molecule has 0 spiro atoms.